The van der Waals surface area contributed by atoms with E-state index in [0.717, 1.165) is 0 Å². The van der Waals surface area contributed by atoms with E-state index in [0.29, 0.717) is 0 Å². The third kappa shape index (κ3) is 18.2. The second-order valence-electron chi connectivity index (χ2n) is 5.79. The summed E-state index contributed by atoms with van der Waals surface area (Å²) in [5, 5.41) is 0. The summed E-state index contributed by atoms with van der Waals surface area (Å²) in [4.78, 5) is 0. The Bertz CT molecular complexity index is 194. The normalized spacial score (nSPS) is 12.0. The molecule has 6 heteroatoms. The van der Waals surface area contributed by atoms with Gasteiger partial charge in [0, 0.05) is 7.26 Å². The first-order valence-electron chi connectivity index (χ1n) is 8.47. The Kier molecular flexibility index (Phi) is 15.5. The summed E-state index contributed by atoms with van der Waals surface area (Å²) in [5.41, 5.74) is 0. The Morgan fingerprint density at radius 3 is 1.05 bits per heavy atom. The molecule has 0 aromatic rings. The lowest BCUT2D eigenvalue weighted by Crippen LogP contribution is -2.12. The molecule has 0 aliphatic rings. The second-order valence-corrected chi connectivity index (χ2v) is 10.3. The van der Waals surface area contributed by atoms with Crippen molar-refractivity contribution in [2.24, 2.45) is 0 Å². The summed E-state index contributed by atoms with van der Waals surface area (Å²) >= 11 is 0. The lowest BCUT2D eigenvalue weighted by Gasteiger charge is -2.27. The van der Waals surface area contributed by atoms with Crippen LogP contribution < -0.4 is 0 Å². The molecule has 0 spiro atoms. The van der Waals surface area contributed by atoms with Gasteiger partial charge in [-0.1, -0.05) is 47.0 Å². The zero-order valence-electron chi connectivity index (χ0n) is 14.3. The predicted molar refractivity (Wildman–Crippen MR) is 91.6 cm³/mol. The van der Waals surface area contributed by atoms with E-state index in [1.54, 1.807) is 24.6 Å². The van der Waals surface area contributed by atoms with Gasteiger partial charge in [0.25, 0.3) is 0 Å². The van der Waals surface area contributed by atoms with Crippen molar-refractivity contribution in [3.8, 4) is 0 Å². The number of halogens is 4. The van der Waals surface area contributed by atoms with Crippen molar-refractivity contribution < 1.29 is 17.3 Å². The van der Waals surface area contributed by atoms with E-state index in [9.17, 15) is 17.3 Å². The number of unbranched alkanes of at least 4 members (excludes halogenated alkanes) is 3. The Morgan fingerprint density at radius 1 is 0.571 bits per heavy atom. The molecule has 0 heterocycles. The van der Waals surface area contributed by atoms with Crippen LogP contribution in [0.3, 0.4) is 0 Å². The molecule has 0 radical (unpaired) electrons. The molecule has 0 bridgehead atoms. The quantitative estimate of drug-likeness (QED) is 0.215. The highest BCUT2D eigenvalue weighted by atomic mass is 31.2. The highest BCUT2D eigenvalue weighted by molar-refractivity contribution is 7.75. The molecule has 0 unspecified atom stereocenters. The summed E-state index contributed by atoms with van der Waals surface area (Å²) in [5.74, 6) is 0. The third-order valence-corrected chi connectivity index (χ3v) is 8.85. The first kappa shape index (κ1) is 23.5. The van der Waals surface area contributed by atoms with E-state index in [4.69, 9.17) is 0 Å². The van der Waals surface area contributed by atoms with Gasteiger partial charge in [0.2, 0.25) is 0 Å². The van der Waals surface area contributed by atoms with Crippen molar-refractivity contribution in [1.82, 2.24) is 0 Å². The fourth-order valence-corrected chi connectivity index (χ4v) is 7.88. The molecule has 0 aromatic carbocycles. The monoisotopic (exact) mass is 332 g/mol. The molecule has 0 rings (SSSR count). The van der Waals surface area contributed by atoms with Crippen molar-refractivity contribution in [1.29, 1.82) is 0 Å². The molecule has 0 atom stereocenters. The topological polar surface area (TPSA) is 0 Å². The minimum absolute atomic E-state index is 0.546. The molecule has 0 fully saturated rings. The van der Waals surface area contributed by atoms with Crippen LogP contribution in [0.2, 0.25) is 0 Å². The van der Waals surface area contributed by atoms with Crippen LogP contribution in [0.1, 0.15) is 72.6 Å². The van der Waals surface area contributed by atoms with Gasteiger partial charge in [-0.2, -0.15) is 0 Å². The smallest absolute Gasteiger partial charge is 0.418 e. The minimum Gasteiger partial charge on any atom is -0.418 e. The Hall–Kier alpha value is 0.215. The predicted octanol–water partition coefficient (Wildman–Crippen LogP) is 7.11. The largest absolute Gasteiger partial charge is 0.673 e. The number of hydrogen-bond donors (Lipinski definition) is 0. The lowest BCUT2D eigenvalue weighted by molar-refractivity contribution is 0.368. The number of rotatable bonds is 11. The SMILES string of the molecule is CCCC[P+](CCC)(CCCC)CCCC.F[B-](F)(F)F. The fourth-order valence-electron chi connectivity index (χ4n) is 2.63. The molecule has 130 valence electrons. The Morgan fingerprint density at radius 2 is 0.857 bits per heavy atom. The van der Waals surface area contributed by atoms with Gasteiger partial charge in [0.15, 0.2) is 0 Å². The maximum Gasteiger partial charge on any atom is 0.673 e. The molecule has 0 saturated carbocycles. The average Bonchev–Trinajstić information content (AvgIpc) is 2.38. The van der Waals surface area contributed by atoms with Gasteiger partial charge < -0.3 is 17.3 Å². The highest BCUT2D eigenvalue weighted by Gasteiger charge is 2.33. The molecule has 0 amide bonds. The molecular weight excluding hydrogens is 298 g/mol. The van der Waals surface area contributed by atoms with Gasteiger partial charge in [-0.15, -0.1) is 0 Å². The van der Waals surface area contributed by atoms with E-state index >= 15 is 0 Å². The third-order valence-electron chi connectivity index (χ3n) is 3.66. The van der Waals surface area contributed by atoms with Crippen molar-refractivity contribution in [3.05, 3.63) is 0 Å². The summed E-state index contributed by atoms with van der Waals surface area (Å²) in [6.45, 7) is 9.43. The van der Waals surface area contributed by atoms with Gasteiger partial charge in [-0.05, 0) is 25.7 Å². The van der Waals surface area contributed by atoms with Crippen molar-refractivity contribution in [3.63, 3.8) is 0 Å². The van der Waals surface area contributed by atoms with Crippen LogP contribution in [-0.2, 0) is 0 Å². The molecule has 0 N–H and O–H groups in total. The van der Waals surface area contributed by atoms with Gasteiger partial charge in [-0.3, -0.25) is 0 Å². The van der Waals surface area contributed by atoms with Crippen molar-refractivity contribution >= 4 is 14.5 Å². The van der Waals surface area contributed by atoms with Crippen LogP contribution in [0.15, 0.2) is 0 Å². The molecule has 0 nitrogen and oxygen atoms in total. The molecule has 21 heavy (non-hydrogen) atoms. The average molecular weight is 332 g/mol. The van der Waals surface area contributed by atoms with Crippen LogP contribution in [0.5, 0.6) is 0 Å². The molecule has 0 saturated heterocycles. The zero-order valence-corrected chi connectivity index (χ0v) is 15.2. The maximum atomic E-state index is 9.75. The molecule has 0 aliphatic carbocycles. The fraction of sp³-hybridized carbons (Fsp3) is 1.00. The Balaban J connectivity index is 0. The van der Waals surface area contributed by atoms with Crippen LogP contribution in [0.25, 0.3) is 0 Å². The van der Waals surface area contributed by atoms with Crippen LogP contribution in [0.4, 0.5) is 17.3 Å². The van der Waals surface area contributed by atoms with Crippen molar-refractivity contribution in [2.75, 3.05) is 24.6 Å². The molecular formula is C15H34BF4P. The lowest BCUT2D eigenvalue weighted by atomic mass is 10.3. The summed E-state index contributed by atoms with van der Waals surface area (Å²) in [6.07, 6.45) is 16.4. The van der Waals surface area contributed by atoms with Crippen LogP contribution in [0, 0.1) is 0 Å². The minimum atomic E-state index is -6.00. The first-order valence-corrected chi connectivity index (χ1v) is 11.0. The van der Waals surface area contributed by atoms with Gasteiger partial charge >= 0.3 is 7.25 Å². The number of hydrogen-bond acceptors (Lipinski definition) is 0. The standard InChI is InChI=1S/C15H34P.BF4/c1-5-9-13-16(12-8-4,14-10-6-2)15-11-7-3;2-1(3,4)5/h5-15H2,1-4H3;/q+1;-1. The van der Waals surface area contributed by atoms with E-state index in [-0.39, 0.29) is 0 Å². The summed E-state index contributed by atoms with van der Waals surface area (Å²) < 4.78 is 39.0. The van der Waals surface area contributed by atoms with Crippen LogP contribution >= 0.6 is 7.26 Å². The second kappa shape index (κ2) is 13.8. The molecule has 0 aromatic heterocycles. The zero-order chi connectivity index (χ0) is 16.8. The van der Waals surface area contributed by atoms with Gasteiger partial charge in [0.05, 0.1) is 24.6 Å². The van der Waals surface area contributed by atoms with E-state index in [1.165, 1.54) is 44.9 Å². The van der Waals surface area contributed by atoms with E-state index in [1.807, 2.05) is 0 Å². The van der Waals surface area contributed by atoms with Crippen LogP contribution in [-0.4, -0.2) is 31.9 Å². The molecule has 0 aliphatic heterocycles. The summed E-state index contributed by atoms with van der Waals surface area (Å²) in [7, 11) is -6.55. The first-order chi connectivity index (χ1) is 9.74. The Labute approximate surface area is 129 Å². The maximum absolute atomic E-state index is 9.75. The van der Waals surface area contributed by atoms with E-state index < -0.39 is 14.5 Å². The van der Waals surface area contributed by atoms with Crippen molar-refractivity contribution in [2.45, 2.75) is 72.6 Å². The van der Waals surface area contributed by atoms with Gasteiger partial charge in [-0.25, -0.2) is 0 Å². The van der Waals surface area contributed by atoms with E-state index in [2.05, 4.69) is 27.7 Å². The highest BCUT2D eigenvalue weighted by Crippen LogP contribution is 2.61. The summed E-state index contributed by atoms with van der Waals surface area (Å²) in [6, 6.07) is 0. The van der Waals surface area contributed by atoms with Gasteiger partial charge in [0.1, 0.15) is 0 Å².